The van der Waals surface area contributed by atoms with E-state index in [4.69, 9.17) is 4.74 Å². The molecule has 0 fully saturated rings. The zero-order chi connectivity index (χ0) is 12.5. The summed E-state index contributed by atoms with van der Waals surface area (Å²) < 4.78 is 29.4. The molecule has 4 nitrogen and oxygen atoms in total. The predicted octanol–water partition coefficient (Wildman–Crippen LogP) is 2.29. The second-order valence-electron chi connectivity index (χ2n) is 3.42. The second-order valence-corrected chi connectivity index (χ2v) is 6.77. The number of hydrogen-bond acceptors (Lipinski definition) is 5. The standard InChI is InChI=1S/C11H11NO3S2/c1-8-7-12-11(16-8)17(13,14)10-5-3-9(15-2)4-6-10/h3-7H,1-2H3. The number of thiazole rings is 1. The lowest BCUT2D eigenvalue weighted by atomic mass is 10.3. The lowest BCUT2D eigenvalue weighted by Crippen LogP contribution is -2.01. The minimum absolute atomic E-state index is 0.125. The lowest BCUT2D eigenvalue weighted by molar-refractivity contribution is 0.414. The molecule has 0 radical (unpaired) electrons. The van der Waals surface area contributed by atoms with Gasteiger partial charge >= 0.3 is 0 Å². The number of aromatic nitrogens is 1. The predicted molar refractivity (Wildman–Crippen MR) is 65.3 cm³/mol. The van der Waals surface area contributed by atoms with E-state index in [0.717, 1.165) is 4.88 Å². The van der Waals surface area contributed by atoms with E-state index < -0.39 is 9.84 Å². The molecule has 0 aliphatic rings. The Bertz CT molecular complexity index is 614. The van der Waals surface area contributed by atoms with Crippen LogP contribution in [-0.2, 0) is 9.84 Å². The first-order valence-corrected chi connectivity index (χ1v) is 7.15. The SMILES string of the molecule is COc1ccc(S(=O)(=O)c2ncc(C)s2)cc1. The van der Waals surface area contributed by atoms with Crippen molar-refractivity contribution in [2.45, 2.75) is 16.2 Å². The summed E-state index contributed by atoms with van der Waals surface area (Å²) in [7, 11) is -1.96. The normalized spacial score (nSPS) is 11.4. The minimum atomic E-state index is -3.49. The quantitative estimate of drug-likeness (QED) is 0.858. The van der Waals surface area contributed by atoms with E-state index in [9.17, 15) is 8.42 Å². The van der Waals surface area contributed by atoms with Gasteiger partial charge in [-0.05, 0) is 31.2 Å². The molecule has 0 aliphatic heterocycles. The zero-order valence-corrected chi connectivity index (χ0v) is 11.0. The maximum atomic E-state index is 12.2. The van der Waals surface area contributed by atoms with Crippen molar-refractivity contribution < 1.29 is 13.2 Å². The highest BCUT2D eigenvalue weighted by Gasteiger charge is 2.20. The molecule has 17 heavy (non-hydrogen) atoms. The Morgan fingerprint density at radius 1 is 1.24 bits per heavy atom. The van der Waals surface area contributed by atoms with Crippen molar-refractivity contribution in [3.05, 3.63) is 35.3 Å². The van der Waals surface area contributed by atoms with Crippen LogP contribution in [0.5, 0.6) is 5.75 Å². The maximum Gasteiger partial charge on any atom is 0.233 e. The Morgan fingerprint density at radius 3 is 2.35 bits per heavy atom. The first kappa shape index (κ1) is 12.1. The molecular weight excluding hydrogens is 258 g/mol. The highest BCUT2D eigenvalue weighted by atomic mass is 32.2. The van der Waals surface area contributed by atoms with Crippen LogP contribution in [0.25, 0.3) is 0 Å². The van der Waals surface area contributed by atoms with Gasteiger partial charge in [-0.2, -0.15) is 0 Å². The molecule has 1 aromatic carbocycles. The Hall–Kier alpha value is -1.40. The average molecular weight is 269 g/mol. The topological polar surface area (TPSA) is 56.3 Å². The molecular formula is C11H11NO3S2. The van der Waals surface area contributed by atoms with Crippen molar-refractivity contribution in [3.8, 4) is 5.75 Å². The highest BCUT2D eigenvalue weighted by molar-refractivity contribution is 7.93. The van der Waals surface area contributed by atoms with Gasteiger partial charge in [0.2, 0.25) is 14.2 Å². The first-order valence-electron chi connectivity index (χ1n) is 4.85. The van der Waals surface area contributed by atoms with Gasteiger partial charge < -0.3 is 4.74 Å². The third kappa shape index (κ3) is 2.32. The van der Waals surface area contributed by atoms with Crippen molar-refractivity contribution in [1.82, 2.24) is 4.98 Å². The molecule has 90 valence electrons. The Balaban J connectivity index is 2.44. The van der Waals surface area contributed by atoms with Crippen molar-refractivity contribution >= 4 is 21.2 Å². The smallest absolute Gasteiger partial charge is 0.233 e. The van der Waals surface area contributed by atoms with Gasteiger partial charge in [0, 0.05) is 11.1 Å². The van der Waals surface area contributed by atoms with Crippen LogP contribution in [0.3, 0.4) is 0 Å². The fourth-order valence-corrected chi connectivity index (χ4v) is 3.81. The van der Waals surface area contributed by atoms with E-state index >= 15 is 0 Å². The maximum absolute atomic E-state index is 12.2. The van der Waals surface area contributed by atoms with Crippen LogP contribution in [0.2, 0.25) is 0 Å². The molecule has 1 aromatic heterocycles. The minimum Gasteiger partial charge on any atom is -0.497 e. The van der Waals surface area contributed by atoms with Gasteiger partial charge in [-0.25, -0.2) is 13.4 Å². The van der Waals surface area contributed by atoms with Crippen LogP contribution in [0.4, 0.5) is 0 Å². The number of methoxy groups -OCH3 is 1. The number of ether oxygens (including phenoxy) is 1. The van der Waals surface area contributed by atoms with Gasteiger partial charge in [-0.1, -0.05) is 0 Å². The summed E-state index contributed by atoms with van der Waals surface area (Å²) in [6.45, 7) is 1.82. The number of aryl methyl sites for hydroxylation is 1. The molecule has 0 saturated carbocycles. The Morgan fingerprint density at radius 2 is 1.88 bits per heavy atom. The molecule has 2 aromatic rings. The van der Waals surface area contributed by atoms with Crippen molar-refractivity contribution in [2.24, 2.45) is 0 Å². The van der Waals surface area contributed by atoms with Crippen LogP contribution < -0.4 is 4.74 Å². The van der Waals surface area contributed by atoms with E-state index in [0.29, 0.717) is 5.75 Å². The first-order chi connectivity index (χ1) is 8.04. The molecule has 0 N–H and O–H groups in total. The molecule has 0 amide bonds. The molecule has 0 atom stereocenters. The van der Waals surface area contributed by atoms with Gasteiger partial charge in [-0.3, -0.25) is 0 Å². The molecule has 1 heterocycles. The zero-order valence-electron chi connectivity index (χ0n) is 9.38. The number of hydrogen-bond donors (Lipinski definition) is 0. The molecule has 6 heteroatoms. The van der Waals surface area contributed by atoms with Crippen LogP contribution in [0.15, 0.2) is 39.7 Å². The van der Waals surface area contributed by atoms with E-state index in [1.165, 1.54) is 30.6 Å². The molecule has 0 bridgehead atoms. The van der Waals surface area contributed by atoms with Gasteiger partial charge in [0.25, 0.3) is 0 Å². The van der Waals surface area contributed by atoms with Gasteiger partial charge in [0.1, 0.15) is 5.75 Å². The summed E-state index contributed by atoms with van der Waals surface area (Å²) in [5.41, 5.74) is 0. The van der Waals surface area contributed by atoms with Crippen LogP contribution in [0.1, 0.15) is 4.88 Å². The molecule has 0 spiro atoms. The van der Waals surface area contributed by atoms with Crippen LogP contribution in [0, 0.1) is 6.92 Å². The average Bonchev–Trinajstić information content (AvgIpc) is 2.77. The van der Waals surface area contributed by atoms with Gasteiger partial charge in [-0.15, -0.1) is 11.3 Å². The third-order valence-electron chi connectivity index (χ3n) is 2.20. The second kappa shape index (κ2) is 4.46. The lowest BCUT2D eigenvalue weighted by Gasteiger charge is -2.02. The van der Waals surface area contributed by atoms with E-state index in [-0.39, 0.29) is 9.24 Å². The monoisotopic (exact) mass is 269 g/mol. The number of nitrogens with zero attached hydrogens (tertiary/aromatic N) is 1. The summed E-state index contributed by atoms with van der Waals surface area (Å²) in [6.07, 6.45) is 1.56. The number of benzene rings is 1. The van der Waals surface area contributed by atoms with E-state index in [2.05, 4.69) is 4.98 Å². The van der Waals surface area contributed by atoms with Crippen molar-refractivity contribution in [1.29, 1.82) is 0 Å². The third-order valence-corrected chi connectivity index (χ3v) is 5.27. The van der Waals surface area contributed by atoms with Crippen molar-refractivity contribution in [3.63, 3.8) is 0 Å². The molecule has 0 saturated heterocycles. The van der Waals surface area contributed by atoms with Crippen LogP contribution >= 0.6 is 11.3 Å². The number of sulfone groups is 1. The fourth-order valence-electron chi connectivity index (χ4n) is 1.31. The van der Waals surface area contributed by atoms with Gasteiger partial charge in [0.05, 0.1) is 12.0 Å². The highest BCUT2D eigenvalue weighted by Crippen LogP contribution is 2.25. The summed E-state index contributed by atoms with van der Waals surface area (Å²) in [5, 5.41) is 0. The summed E-state index contributed by atoms with van der Waals surface area (Å²) in [6, 6.07) is 6.27. The van der Waals surface area contributed by atoms with E-state index in [1.54, 1.807) is 18.3 Å². The summed E-state index contributed by atoms with van der Waals surface area (Å²) in [5.74, 6) is 0.624. The van der Waals surface area contributed by atoms with Gasteiger partial charge in [0.15, 0.2) is 0 Å². The summed E-state index contributed by atoms with van der Waals surface area (Å²) in [4.78, 5) is 5.01. The van der Waals surface area contributed by atoms with E-state index in [1.807, 2.05) is 6.92 Å². The fraction of sp³-hybridized carbons (Fsp3) is 0.182. The Kier molecular flexibility index (Phi) is 3.17. The molecule has 0 aliphatic carbocycles. The van der Waals surface area contributed by atoms with Crippen LogP contribution in [-0.4, -0.2) is 20.5 Å². The largest absolute Gasteiger partial charge is 0.497 e. The molecule has 0 unspecified atom stereocenters. The summed E-state index contributed by atoms with van der Waals surface area (Å²) >= 11 is 1.17. The molecule has 2 rings (SSSR count). The Labute approximate surface area is 104 Å². The number of rotatable bonds is 3. The van der Waals surface area contributed by atoms with Crippen molar-refractivity contribution in [2.75, 3.05) is 7.11 Å².